The predicted octanol–water partition coefficient (Wildman–Crippen LogP) is 11.2. The molecule has 3 nitrogen and oxygen atoms in total. The Balaban J connectivity index is 1.21. The fourth-order valence-electron chi connectivity index (χ4n) is 7.45. The van der Waals surface area contributed by atoms with Gasteiger partial charge in [-0.15, -0.1) is 0 Å². The van der Waals surface area contributed by atoms with E-state index in [0.29, 0.717) is 0 Å². The van der Waals surface area contributed by atoms with Gasteiger partial charge in [0.2, 0.25) is 0 Å². The van der Waals surface area contributed by atoms with E-state index < -0.39 is 0 Å². The number of rotatable bonds is 3. The van der Waals surface area contributed by atoms with Crippen LogP contribution in [-0.4, -0.2) is 9.97 Å². The second-order valence-corrected chi connectivity index (χ2v) is 12.0. The quantitative estimate of drug-likeness (QED) is 0.197. The van der Waals surface area contributed by atoms with Gasteiger partial charge in [0, 0.05) is 32.8 Å². The molecule has 2 heterocycles. The Bertz CT molecular complexity index is 2650. The second kappa shape index (κ2) is 9.35. The summed E-state index contributed by atoms with van der Waals surface area (Å²) in [7, 11) is 0. The van der Waals surface area contributed by atoms with Gasteiger partial charge in [-0.3, -0.25) is 0 Å². The normalized spacial score (nSPS) is 13.1. The maximum Gasteiger partial charge on any atom is 0.160 e. The minimum Gasteiger partial charge on any atom is -0.455 e. The minimum atomic E-state index is 0.737. The molecule has 0 radical (unpaired) electrons. The van der Waals surface area contributed by atoms with Crippen LogP contribution >= 0.6 is 0 Å². The zero-order valence-corrected chi connectivity index (χ0v) is 24.4. The molecule has 0 saturated heterocycles. The summed E-state index contributed by atoms with van der Waals surface area (Å²) in [5.41, 5.74) is 10.7. The molecule has 1 aliphatic carbocycles. The van der Waals surface area contributed by atoms with Gasteiger partial charge in [0.05, 0.1) is 11.2 Å². The van der Waals surface area contributed by atoms with Gasteiger partial charge in [-0.1, -0.05) is 109 Å². The molecule has 1 aliphatic rings. The molecule has 3 heteroatoms. The highest BCUT2D eigenvalue weighted by Crippen LogP contribution is 2.46. The van der Waals surface area contributed by atoms with Crippen molar-refractivity contribution in [3.05, 3.63) is 139 Å². The van der Waals surface area contributed by atoms with E-state index in [0.717, 1.165) is 68.7 Å². The van der Waals surface area contributed by atoms with Crippen molar-refractivity contribution in [2.45, 2.75) is 12.8 Å². The van der Waals surface area contributed by atoms with E-state index in [9.17, 15) is 0 Å². The first-order valence-corrected chi connectivity index (χ1v) is 15.6. The van der Waals surface area contributed by atoms with Crippen molar-refractivity contribution >= 4 is 60.5 Å². The molecule has 0 atom stereocenters. The van der Waals surface area contributed by atoms with Crippen LogP contribution in [0.4, 0.5) is 0 Å². The van der Waals surface area contributed by atoms with E-state index in [1.807, 2.05) is 0 Å². The largest absolute Gasteiger partial charge is 0.455 e. The molecule has 0 bridgehead atoms. The van der Waals surface area contributed by atoms with Crippen LogP contribution in [0.1, 0.15) is 17.5 Å². The third-order valence-corrected chi connectivity index (χ3v) is 9.50. The van der Waals surface area contributed by atoms with Gasteiger partial charge in [-0.2, -0.15) is 0 Å². The van der Waals surface area contributed by atoms with E-state index in [4.69, 9.17) is 14.4 Å². The Morgan fingerprint density at radius 3 is 2.18 bits per heavy atom. The molecule has 2 aromatic heterocycles. The number of hydrogen-bond donors (Lipinski definition) is 0. The lowest BCUT2D eigenvalue weighted by atomic mass is 9.91. The summed E-state index contributed by atoms with van der Waals surface area (Å²) in [6.07, 6.45) is 6.49. The number of aryl methyl sites for hydroxylation is 1. The summed E-state index contributed by atoms with van der Waals surface area (Å²) >= 11 is 0. The molecule has 0 saturated carbocycles. The van der Waals surface area contributed by atoms with Crippen LogP contribution in [0.3, 0.4) is 0 Å². The van der Waals surface area contributed by atoms with Crippen LogP contribution in [0.2, 0.25) is 0 Å². The summed E-state index contributed by atoms with van der Waals surface area (Å²) in [5.74, 6) is 0.737. The Morgan fingerprint density at radius 1 is 0.556 bits per heavy atom. The van der Waals surface area contributed by atoms with Crippen molar-refractivity contribution in [3.63, 3.8) is 0 Å². The molecule has 45 heavy (non-hydrogen) atoms. The van der Waals surface area contributed by atoms with Crippen LogP contribution in [-0.2, 0) is 6.42 Å². The molecule has 210 valence electrons. The number of aromatic nitrogens is 2. The van der Waals surface area contributed by atoms with E-state index >= 15 is 0 Å². The van der Waals surface area contributed by atoms with Gasteiger partial charge >= 0.3 is 0 Å². The third-order valence-electron chi connectivity index (χ3n) is 9.50. The molecule has 10 rings (SSSR count). The smallest absolute Gasteiger partial charge is 0.160 e. The number of fused-ring (bicyclic) bond motifs is 6. The number of hydrogen-bond acceptors (Lipinski definition) is 3. The summed E-state index contributed by atoms with van der Waals surface area (Å²) < 4.78 is 6.68. The zero-order chi connectivity index (χ0) is 29.5. The van der Waals surface area contributed by atoms with E-state index in [1.165, 1.54) is 43.4 Å². The Morgan fingerprint density at radius 2 is 1.29 bits per heavy atom. The number of furan rings is 1. The molecule has 0 spiro atoms. The van der Waals surface area contributed by atoms with Crippen LogP contribution in [0.5, 0.6) is 0 Å². The van der Waals surface area contributed by atoms with Crippen LogP contribution < -0.4 is 0 Å². The third kappa shape index (κ3) is 3.58. The molecular weight excluding hydrogens is 548 g/mol. The van der Waals surface area contributed by atoms with Crippen molar-refractivity contribution in [1.82, 2.24) is 9.97 Å². The minimum absolute atomic E-state index is 0.737. The molecular formula is C42H26N2O. The molecule has 7 aromatic carbocycles. The maximum atomic E-state index is 6.68. The molecule has 0 unspecified atom stereocenters. The van der Waals surface area contributed by atoms with Crippen LogP contribution in [0, 0.1) is 0 Å². The lowest BCUT2D eigenvalue weighted by Gasteiger charge is -2.16. The number of allylic oxidation sites excluding steroid dienone is 1. The average molecular weight is 575 g/mol. The van der Waals surface area contributed by atoms with Gasteiger partial charge < -0.3 is 4.42 Å². The SMILES string of the molecule is C1=Cc2ccc3c(-c4ccccc4)nc(-c4cccc(-c5ccc6c7ccccc7c7cccc8oc5c6c87)c4)nc3c2CC1. The van der Waals surface area contributed by atoms with Crippen molar-refractivity contribution < 1.29 is 4.42 Å². The monoisotopic (exact) mass is 574 g/mol. The average Bonchev–Trinajstić information content (AvgIpc) is 3.51. The highest BCUT2D eigenvalue weighted by molar-refractivity contribution is 6.34. The van der Waals surface area contributed by atoms with Gasteiger partial charge in [-0.05, 0) is 75.3 Å². The Hall–Kier alpha value is -5.80. The highest BCUT2D eigenvalue weighted by Gasteiger charge is 2.21. The van der Waals surface area contributed by atoms with Crippen molar-refractivity contribution in [1.29, 1.82) is 0 Å². The van der Waals surface area contributed by atoms with Crippen molar-refractivity contribution in [2.24, 2.45) is 0 Å². The molecule has 0 N–H and O–H groups in total. The molecule has 0 fully saturated rings. The fourth-order valence-corrected chi connectivity index (χ4v) is 7.45. The van der Waals surface area contributed by atoms with E-state index in [2.05, 4.69) is 133 Å². The summed E-state index contributed by atoms with van der Waals surface area (Å²) in [6, 6.07) is 43.0. The Kier molecular flexibility index (Phi) is 5.11. The van der Waals surface area contributed by atoms with E-state index in [1.54, 1.807) is 0 Å². The lowest BCUT2D eigenvalue weighted by Crippen LogP contribution is -2.01. The lowest BCUT2D eigenvalue weighted by molar-refractivity contribution is 0.670. The fraction of sp³-hybridized carbons (Fsp3) is 0.0476. The summed E-state index contributed by atoms with van der Waals surface area (Å²) in [6.45, 7) is 0. The number of nitrogens with zero attached hydrogens (tertiary/aromatic N) is 2. The summed E-state index contributed by atoms with van der Waals surface area (Å²) in [5, 5.41) is 8.45. The van der Waals surface area contributed by atoms with Crippen LogP contribution in [0.25, 0.3) is 94.2 Å². The predicted molar refractivity (Wildman–Crippen MR) is 187 cm³/mol. The summed E-state index contributed by atoms with van der Waals surface area (Å²) in [4.78, 5) is 10.5. The van der Waals surface area contributed by atoms with Crippen LogP contribution in [0.15, 0.2) is 132 Å². The van der Waals surface area contributed by atoms with Gasteiger partial charge in [0.15, 0.2) is 5.82 Å². The molecule has 0 amide bonds. The number of benzene rings is 7. The molecule has 0 aliphatic heterocycles. The van der Waals surface area contributed by atoms with Crippen molar-refractivity contribution in [2.75, 3.05) is 0 Å². The van der Waals surface area contributed by atoms with Crippen molar-refractivity contribution in [3.8, 4) is 33.8 Å². The Labute approximate surface area is 259 Å². The zero-order valence-electron chi connectivity index (χ0n) is 24.4. The van der Waals surface area contributed by atoms with Gasteiger partial charge in [0.1, 0.15) is 11.2 Å². The van der Waals surface area contributed by atoms with Gasteiger partial charge in [0.25, 0.3) is 0 Å². The first-order chi connectivity index (χ1) is 22.3. The van der Waals surface area contributed by atoms with E-state index in [-0.39, 0.29) is 0 Å². The second-order valence-electron chi connectivity index (χ2n) is 12.0. The molecule has 9 aromatic rings. The highest BCUT2D eigenvalue weighted by atomic mass is 16.3. The first kappa shape index (κ1) is 24.6. The maximum absolute atomic E-state index is 6.68. The standard InChI is InChI=1S/C42H26N2O/c1-2-11-26(12-3-1)39-35-21-20-25-10-4-5-15-29(25)40(35)44-42(43-39)28-14-8-13-27(24-28)30-22-23-34-32-17-7-6-16-31(32)33-18-9-19-36-37(33)38(34)41(30)45-36/h1-4,6-14,16-24H,5,15H2. The first-order valence-electron chi connectivity index (χ1n) is 15.6. The topological polar surface area (TPSA) is 38.9 Å². The van der Waals surface area contributed by atoms with Gasteiger partial charge in [-0.25, -0.2) is 9.97 Å².